The summed E-state index contributed by atoms with van der Waals surface area (Å²) in [4.78, 5) is 3.95. The van der Waals surface area contributed by atoms with Crippen molar-refractivity contribution in [2.45, 2.75) is 26.8 Å². The lowest BCUT2D eigenvalue weighted by atomic mass is 10.3. The number of hydrogen-bond acceptors (Lipinski definition) is 0. The van der Waals surface area contributed by atoms with Crippen LogP contribution in [0.25, 0.3) is 0 Å². The molecule has 0 saturated carbocycles. The monoisotopic (exact) mass is 185 g/mol. The summed E-state index contributed by atoms with van der Waals surface area (Å²) in [5.74, 6) is 1.46. The van der Waals surface area contributed by atoms with Crippen LogP contribution in [0, 0.1) is 0 Å². The van der Waals surface area contributed by atoms with Gasteiger partial charge in [0.15, 0.2) is 0 Å². The molecule has 0 amide bonds. The fraction of sp³-hybridized carbons (Fsp3) is 0.900. The lowest BCUT2D eigenvalue weighted by Crippen LogP contribution is -3.11. The predicted molar refractivity (Wildman–Crippen MR) is 55.3 cm³/mol. The maximum atomic E-state index is 2.44. The van der Waals surface area contributed by atoms with Gasteiger partial charge in [-0.15, -0.1) is 0 Å². The molecule has 0 radical (unpaired) electrons. The van der Waals surface area contributed by atoms with Crippen LogP contribution in [0.4, 0.5) is 0 Å². The minimum atomic E-state index is 0.676. The molecule has 1 saturated heterocycles. The van der Waals surface area contributed by atoms with Gasteiger partial charge in [-0.25, -0.2) is 14.4 Å². The van der Waals surface area contributed by atoms with E-state index in [0.717, 1.165) is 13.1 Å². The Morgan fingerprint density at radius 1 is 1.46 bits per heavy atom. The Bertz CT molecular complexity index is 204. The highest BCUT2D eigenvalue weighted by Crippen LogP contribution is 1.97. The summed E-state index contributed by atoms with van der Waals surface area (Å²) >= 11 is 0. The van der Waals surface area contributed by atoms with Gasteiger partial charge in [-0.1, -0.05) is 0 Å². The summed E-state index contributed by atoms with van der Waals surface area (Å²) in [6, 6.07) is 0.676. The average Bonchev–Trinajstić information content (AvgIpc) is 2.34. The summed E-state index contributed by atoms with van der Waals surface area (Å²) in [6.45, 7) is 10.2. The molecule has 0 aromatic heterocycles. The third kappa shape index (κ3) is 1.85. The van der Waals surface area contributed by atoms with Gasteiger partial charge in [0, 0.05) is 0 Å². The molecule has 2 unspecified atom stereocenters. The summed E-state index contributed by atoms with van der Waals surface area (Å²) in [5.41, 5.74) is 0. The van der Waals surface area contributed by atoms with Crippen LogP contribution in [0.2, 0.25) is 0 Å². The van der Waals surface area contributed by atoms with Crippen molar-refractivity contribution in [3.05, 3.63) is 0 Å². The first-order valence-corrected chi connectivity index (χ1v) is 5.29. The summed E-state index contributed by atoms with van der Waals surface area (Å²) < 4.78 is 2.44. The second kappa shape index (κ2) is 4.09. The molecule has 2 atom stereocenters. The molecule has 0 aromatic carbocycles. The largest absolute Gasteiger partial charge is 0.444 e. The average molecular weight is 185 g/mol. The zero-order valence-corrected chi connectivity index (χ0v) is 9.59. The Labute approximate surface area is 81.6 Å². The van der Waals surface area contributed by atoms with Crippen LogP contribution in [0.1, 0.15) is 20.8 Å². The fourth-order valence-corrected chi connectivity index (χ4v) is 2.20. The summed E-state index contributed by atoms with van der Waals surface area (Å²) in [7, 11) is 4.46. The molecule has 1 rings (SSSR count). The first-order valence-electron chi connectivity index (χ1n) is 5.29. The van der Waals surface area contributed by atoms with Gasteiger partial charge in [-0.2, -0.15) is 0 Å². The lowest BCUT2D eigenvalue weighted by molar-refractivity contribution is -0.807. The second-order valence-electron chi connectivity index (χ2n) is 3.94. The van der Waals surface area contributed by atoms with Gasteiger partial charge in [-0.05, 0) is 20.8 Å². The van der Waals surface area contributed by atoms with Gasteiger partial charge < -0.3 is 0 Å². The van der Waals surface area contributed by atoms with Crippen molar-refractivity contribution in [2.75, 3.05) is 33.7 Å². The molecule has 13 heavy (non-hydrogen) atoms. The quantitative estimate of drug-likeness (QED) is 0.557. The maximum Gasteiger partial charge on any atom is 0.444 e. The Morgan fingerprint density at radius 2 is 2.00 bits per heavy atom. The number of guanidine groups is 1. The number of quaternary nitrogens is 1. The zero-order chi connectivity index (χ0) is 10.0. The van der Waals surface area contributed by atoms with E-state index in [1.54, 1.807) is 4.90 Å². The minimum Gasteiger partial charge on any atom is -0.230 e. The van der Waals surface area contributed by atoms with Crippen molar-refractivity contribution >= 4 is 5.96 Å². The standard InChI is InChI=1S/C10H22N3/c1-6-13(7-2)10-11(4)8-9(3)12(10)5/h9H,6-8H2,1-5H3/q+1/p+1. The van der Waals surface area contributed by atoms with Gasteiger partial charge in [0.2, 0.25) is 0 Å². The molecule has 3 nitrogen and oxygen atoms in total. The summed E-state index contributed by atoms with van der Waals surface area (Å²) in [6.07, 6.45) is 0. The number of nitrogens with one attached hydrogen (secondary N) is 1. The second-order valence-corrected chi connectivity index (χ2v) is 3.94. The van der Waals surface area contributed by atoms with Crippen molar-refractivity contribution in [3.8, 4) is 0 Å². The highest BCUT2D eigenvalue weighted by molar-refractivity contribution is 5.67. The third-order valence-corrected chi connectivity index (χ3v) is 3.04. The molecule has 0 spiro atoms. The Kier molecular flexibility index (Phi) is 3.31. The Morgan fingerprint density at radius 3 is 2.31 bits per heavy atom. The van der Waals surface area contributed by atoms with Crippen LogP contribution < -0.4 is 4.90 Å². The number of likely N-dealkylation sites (N-methyl/N-ethyl adjacent to an activating group) is 2. The van der Waals surface area contributed by atoms with E-state index in [2.05, 4.69) is 44.3 Å². The van der Waals surface area contributed by atoms with E-state index in [1.165, 1.54) is 12.5 Å². The third-order valence-electron chi connectivity index (χ3n) is 3.04. The molecule has 76 valence electrons. The van der Waals surface area contributed by atoms with Crippen molar-refractivity contribution in [1.82, 2.24) is 4.90 Å². The number of hydrogen-bond donors (Lipinski definition) is 1. The van der Waals surface area contributed by atoms with E-state index in [1.807, 2.05) is 0 Å². The molecule has 1 aliphatic heterocycles. The molecule has 1 fully saturated rings. The maximum absolute atomic E-state index is 2.44. The van der Waals surface area contributed by atoms with Crippen LogP contribution in [0.5, 0.6) is 0 Å². The first-order chi connectivity index (χ1) is 6.11. The van der Waals surface area contributed by atoms with Crippen molar-refractivity contribution < 1.29 is 9.48 Å². The van der Waals surface area contributed by atoms with Gasteiger partial charge >= 0.3 is 5.96 Å². The van der Waals surface area contributed by atoms with E-state index < -0.39 is 0 Å². The van der Waals surface area contributed by atoms with Crippen LogP contribution in [0.3, 0.4) is 0 Å². The van der Waals surface area contributed by atoms with E-state index in [9.17, 15) is 0 Å². The van der Waals surface area contributed by atoms with Crippen LogP contribution in [-0.2, 0) is 0 Å². The smallest absolute Gasteiger partial charge is 0.230 e. The van der Waals surface area contributed by atoms with Crippen molar-refractivity contribution in [3.63, 3.8) is 0 Å². The van der Waals surface area contributed by atoms with Crippen LogP contribution in [-0.4, -0.2) is 55.2 Å². The molecule has 0 bridgehead atoms. The van der Waals surface area contributed by atoms with E-state index in [0.29, 0.717) is 6.04 Å². The van der Waals surface area contributed by atoms with E-state index >= 15 is 0 Å². The normalized spacial score (nSPS) is 28.4. The van der Waals surface area contributed by atoms with Gasteiger partial charge in [0.25, 0.3) is 0 Å². The molecule has 3 heteroatoms. The molecule has 1 aliphatic rings. The molecular formula is C10H23N3+2. The Hall–Kier alpha value is -0.570. The van der Waals surface area contributed by atoms with Crippen molar-refractivity contribution in [1.29, 1.82) is 0 Å². The van der Waals surface area contributed by atoms with Crippen LogP contribution >= 0.6 is 0 Å². The van der Waals surface area contributed by atoms with Gasteiger partial charge in [0.05, 0.1) is 27.2 Å². The summed E-state index contributed by atoms with van der Waals surface area (Å²) in [5, 5.41) is 0. The predicted octanol–water partition coefficient (Wildman–Crippen LogP) is -0.757. The molecule has 1 heterocycles. The van der Waals surface area contributed by atoms with Crippen LogP contribution in [0.15, 0.2) is 0 Å². The lowest BCUT2D eigenvalue weighted by Gasteiger charge is -2.10. The van der Waals surface area contributed by atoms with Gasteiger partial charge in [0.1, 0.15) is 12.6 Å². The first kappa shape index (κ1) is 10.5. The fourth-order valence-electron chi connectivity index (χ4n) is 2.20. The van der Waals surface area contributed by atoms with Crippen molar-refractivity contribution in [2.24, 2.45) is 0 Å². The van der Waals surface area contributed by atoms with E-state index in [4.69, 9.17) is 0 Å². The topological polar surface area (TPSA) is 10.7 Å². The Balaban J connectivity index is 2.94. The number of nitrogens with zero attached hydrogens (tertiary/aromatic N) is 2. The van der Waals surface area contributed by atoms with Gasteiger partial charge in [-0.3, -0.25) is 0 Å². The highest BCUT2D eigenvalue weighted by atomic mass is 15.5. The number of rotatable bonds is 2. The molecule has 0 aromatic rings. The molecular weight excluding hydrogens is 162 g/mol. The minimum absolute atomic E-state index is 0.676. The SMILES string of the molecule is CC[N+](CC)=C1N(C)C(C)C[NH+]1C. The highest BCUT2D eigenvalue weighted by Gasteiger charge is 2.41. The molecule has 0 aliphatic carbocycles. The van der Waals surface area contributed by atoms with E-state index in [-0.39, 0.29) is 0 Å². The zero-order valence-electron chi connectivity index (χ0n) is 9.59. The molecule has 1 N–H and O–H groups in total.